The van der Waals surface area contributed by atoms with Gasteiger partial charge in [0, 0.05) is 7.05 Å². The molecule has 3 nitrogen and oxygen atoms in total. The van der Waals surface area contributed by atoms with Gasteiger partial charge in [0.25, 0.3) is 0 Å². The quantitative estimate of drug-likeness (QED) is 0.724. The van der Waals surface area contributed by atoms with E-state index < -0.39 is 0 Å². The molecule has 0 aromatic carbocycles. The maximum absolute atomic E-state index is 4.34. The van der Waals surface area contributed by atoms with E-state index in [1.54, 1.807) is 0 Å². The van der Waals surface area contributed by atoms with E-state index in [2.05, 4.69) is 30.0 Å². The van der Waals surface area contributed by atoms with Crippen LogP contribution in [0, 0.1) is 6.92 Å². The number of rotatable bonds is 5. The van der Waals surface area contributed by atoms with Crippen molar-refractivity contribution in [2.24, 2.45) is 7.05 Å². The predicted octanol–water partition coefficient (Wildman–Crippen LogP) is 1.96. The molecule has 1 rings (SSSR count). The molecular weight excluding hydrogens is 174 g/mol. The molecule has 14 heavy (non-hydrogen) atoms. The van der Waals surface area contributed by atoms with Gasteiger partial charge in [-0.15, -0.1) is 6.58 Å². The monoisotopic (exact) mass is 193 g/mol. The Bertz CT molecular complexity index is 301. The number of nitrogens with zero attached hydrogens (tertiary/aromatic N) is 2. The van der Waals surface area contributed by atoms with Gasteiger partial charge in [-0.2, -0.15) is 5.10 Å². The average Bonchev–Trinajstić information content (AvgIpc) is 2.45. The third kappa shape index (κ3) is 2.45. The summed E-state index contributed by atoms with van der Waals surface area (Å²) in [5, 5.41) is 7.76. The number of nitrogens with one attached hydrogen (secondary N) is 1. The van der Waals surface area contributed by atoms with Crippen molar-refractivity contribution in [3.8, 4) is 0 Å². The molecule has 0 amide bonds. The van der Waals surface area contributed by atoms with Crippen molar-refractivity contribution in [1.82, 2.24) is 15.1 Å². The number of aromatic nitrogens is 2. The largest absolute Gasteiger partial charge is 0.309 e. The van der Waals surface area contributed by atoms with Crippen molar-refractivity contribution in [2.75, 3.05) is 6.54 Å². The van der Waals surface area contributed by atoms with Crippen molar-refractivity contribution in [3.63, 3.8) is 0 Å². The molecule has 0 saturated heterocycles. The fourth-order valence-electron chi connectivity index (χ4n) is 1.68. The van der Waals surface area contributed by atoms with Crippen LogP contribution in [0.5, 0.6) is 0 Å². The molecule has 3 heteroatoms. The van der Waals surface area contributed by atoms with Crippen LogP contribution in [0.2, 0.25) is 0 Å². The first-order valence-corrected chi connectivity index (χ1v) is 5.03. The Morgan fingerprint density at radius 1 is 1.71 bits per heavy atom. The lowest BCUT2D eigenvalue weighted by Crippen LogP contribution is -2.22. The summed E-state index contributed by atoms with van der Waals surface area (Å²) in [6.45, 7) is 8.86. The summed E-state index contributed by atoms with van der Waals surface area (Å²) in [4.78, 5) is 0. The predicted molar refractivity (Wildman–Crippen MR) is 59.2 cm³/mol. The molecule has 0 aliphatic rings. The Kier molecular flexibility index (Phi) is 3.89. The highest BCUT2D eigenvalue weighted by molar-refractivity contribution is 5.13. The first-order valence-electron chi connectivity index (χ1n) is 5.03. The second-order valence-corrected chi connectivity index (χ2v) is 3.47. The van der Waals surface area contributed by atoms with Crippen LogP contribution in [0.1, 0.15) is 30.8 Å². The van der Waals surface area contributed by atoms with E-state index in [1.165, 1.54) is 5.69 Å². The van der Waals surface area contributed by atoms with Gasteiger partial charge >= 0.3 is 0 Å². The van der Waals surface area contributed by atoms with Crippen molar-refractivity contribution >= 4 is 0 Å². The minimum absolute atomic E-state index is 0.337. The standard InChI is InChI=1S/C11H19N3/c1-5-7-10(12-6-2)11-8-9(3)13-14(11)4/h5,8,10,12H,1,6-7H2,2-4H3. The van der Waals surface area contributed by atoms with E-state index in [1.807, 2.05) is 24.7 Å². The molecule has 1 N–H and O–H groups in total. The molecule has 1 atom stereocenters. The molecule has 0 spiro atoms. The van der Waals surface area contributed by atoms with Gasteiger partial charge in [0.2, 0.25) is 0 Å². The van der Waals surface area contributed by atoms with Gasteiger partial charge < -0.3 is 5.32 Å². The van der Waals surface area contributed by atoms with Gasteiger partial charge in [0.1, 0.15) is 0 Å². The molecular formula is C11H19N3. The molecule has 0 bridgehead atoms. The molecule has 78 valence electrons. The first-order chi connectivity index (χ1) is 6.69. The van der Waals surface area contributed by atoms with Gasteiger partial charge in [-0.3, -0.25) is 4.68 Å². The lowest BCUT2D eigenvalue weighted by atomic mass is 10.1. The lowest BCUT2D eigenvalue weighted by molar-refractivity contribution is 0.515. The highest BCUT2D eigenvalue weighted by Gasteiger charge is 2.12. The minimum Gasteiger partial charge on any atom is -0.309 e. The molecule has 1 aromatic heterocycles. The Morgan fingerprint density at radius 3 is 2.86 bits per heavy atom. The molecule has 0 fully saturated rings. The van der Waals surface area contributed by atoms with Crippen LogP contribution >= 0.6 is 0 Å². The molecule has 1 unspecified atom stereocenters. The minimum atomic E-state index is 0.337. The molecule has 0 aliphatic carbocycles. The summed E-state index contributed by atoms with van der Waals surface area (Å²) in [6.07, 6.45) is 2.88. The Balaban J connectivity index is 2.85. The average molecular weight is 193 g/mol. The van der Waals surface area contributed by atoms with Crippen LogP contribution < -0.4 is 5.32 Å². The van der Waals surface area contributed by atoms with Gasteiger partial charge in [-0.1, -0.05) is 13.0 Å². The SMILES string of the molecule is C=CCC(NCC)c1cc(C)nn1C. The van der Waals surface area contributed by atoms with E-state index in [0.717, 1.165) is 18.7 Å². The van der Waals surface area contributed by atoms with Crippen LogP contribution in [0.15, 0.2) is 18.7 Å². The highest BCUT2D eigenvalue weighted by atomic mass is 15.3. The van der Waals surface area contributed by atoms with E-state index in [-0.39, 0.29) is 0 Å². The maximum Gasteiger partial charge on any atom is 0.0597 e. The Hall–Kier alpha value is -1.09. The van der Waals surface area contributed by atoms with E-state index in [4.69, 9.17) is 0 Å². The summed E-state index contributed by atoms with van der Waals surface area (Å²) in [5.41, 5.74) is 2.29. The molecule has 1 aromatic rings. The zero-order valence-electron chi connectivity index (χ0n) is 9.25. The first kappa shape index (κ1) is 11.0. The van der Waals surface area contributed by atoms with Gasteiger partial charge in [-0.25, -0.2) is 0 Å². The van der Waals surface area contributed by atoms with Crippen LogP contribution in [0.3, 0.4) is 0 Å². The van der Waals surface area contributed by atoms with Crippen LogP contribution in [-0.4, -0.2) is 16.3 Å². The zero-order chi connectivity index (χ0) is 10.6. The van der Waals surface area contributed by atoms with Crippen LogP contribution in [0.25, 0.3) is 0 Å². The fourth-order valence-corrected chi connectivity index (χ4v) is 1.68. The van der Waals surface area contributed by atoms with Gasteiger partial charge in [0.05, 0.1) is 17.4 Å². The number of hydrogen-bond donors (Lipinski definition) is 1. The summed E-state index contributed by atoms with van der Waals surface area (Å²) >= 11 is 0. The topological polar surface area (TPSA) is 29.9 Å². The normalized spacial score (nSPS) is 12.8. The second kappa shape index (κ2) is 4.96. The van der Waals surface area contributed by atoms with Gasteiger partial charge in [-0.05, 0) is 26.0 Å². The third-order valence-corrected chi connectivity index (χ3v) is 2.25. The molecule has 0 saturated carbocycles. The van der Waals surface area contributed by atoms with E-state index >= 15 is 0 Å². The number of aryl methyl sites for hydroxylation is 2. The van der Waals surface area contributed by atoms with E-state index in [0.29, 0.717) is 6.04 Å². The van der Waals surface area contributed by atoms with Crippen molar-refractivity contribution in [2.45, 2.75) is 26.3 Å². The summed E-state index contributed by atoms with van der Waals surface area (Å²) < 4.78 is 1.94. The fraction of sp³-hybridized carbons (Fsp3) is 0.545. The highest BCUT2D eigenvalue weighted by Crippen LogP contribution is 2.17. The molecule has 0 aliphatic heterocycles. The lowest BCUT2D eigenvalue weighted by Gasteiger charge is -2.15. The Morgan fingerprint density at radius 2 is 2.43 bits per heavy atom. The van der Waals surface area contributed by atoms with E-state index in [9.17, 15) is 0 Å². The van der Waals surface area contributed by atoms with Crippen molar-refractivity contribution < 1.29 is 0 Å². The van der Waals surface area contributed by atoms with Crippen molar-refractivity contribution in [3.05, 3.63) is 30.1 Å². The maximum atomic E-state index is 4.34. The molecule has 0 radical (unpaired) electrons. The van der Waals surface area contributed by atoms with Gasteiger partial charge in [0.15, 0.2) is 0 Å². The smallest absolute Gasteiger partial charge is 0.0597 e. The number of hydrogen-bond acceptors (Lipinski definition) is 2. The van der Waals surface area contributed by atoms with Crippen LogP contribution in [0.4, 0.5) is 0 Å². The summed E-state index contributed by atoms with van der Waals surface area (Å²) in [5.74, 6) is 0. The molecule has 1 heterocycles. The second-order valence-electron chi connectivity index (χ2n) is 3.47. The zero-order valence-corrected chi connectivity index (χ0v) is 9.25. The summed E-state index contributed by atoms with van der Waals surface area (Å²) in [6, 6.07) is 2.46. The van der Waals surface area contributed by atoms with Crippen LogP contribution in [-0.2, 0) is 7.05 Å². The Labute approximate surface area is 85.8 Å². The third-order valence-electron chi connectivity index (χ3n) is 2.25. The van der Waals surface area contributed by atoms with Crippen molar-refractivity contribution in [1.29, 1.82) is 0 Å². The summed E-state index contributed by atoms with van der Waals surface area (Å²) in [7, 11) is 1.98.